The largest absolute Gasteiger partial charge is 0.614 e. The minimum atomic E-state index is -1.40. The fraction of sp³-hybridized carbons (Fsp3) is 0.308. The number of non-ortho nitro benzene ring substituents is 1. The van der Waals surface area contributed by atoms with Gasteiger partial charge in [0, 0.05) is 12.1 Å². The van der Waals surface area contributed by atoms with Crippen LogP contribution in [0.1, 0.15) is 11.4 Å². The van der Waals surface area contributed by atoms with E-state index in [1.807, 2.05) is 0 Å². The molecule has 1 aromatic carbocycles. The van der Waals surface area contributed by atoms with Crippen molar-refractivity contribution >= 4 is 31.0 Å². The number of carbonyl (C=O) groups is 3. The Balaban J connectivity index is 2.23. The van der Waals surface area contributed by atoms with Crippen LogP contribution >= 0.6 is 0 Å². The molecule has 1 atom stereocenters. The standard InChI is InChI=1S/C13H13BN2O7/c1-15-6-12(18)22-14(23-13(19)7-15)11(8-17)9-2-4-10(5-3-9)16(20)21/h2-5,8,11H,6-7H2,1H3. The van der Waals surface area contributed by atoms with Crippen LogP contribution in [0.25, 0.3) is 0 Å². The molecule has 10 heteroatoms. The summed E-state index contributed by atoms with van der Waals surface area (Å²) in [6, 6.07) is 5.13. The van der Waals surface area contributed by atoms with Crippen LogP contribution in [-0.4, -0.2) is 55.3 Å². The molecule has 120 valence electrons. The first kappa shape index (κ1) is 16.6. The molecular formula is C13H13BN2O7. The quantitative estimate of drug-likeness (QED) is 0.328. The molecule has 0 aliphatic carbocycles. The van der Waals surface area contributed by atoms with Crippen molar-refractivity contribution in [2.45, 2.75) is 5.82 Å². The molecular weight excluding hydrogens is 307 g/mol. The SMILES string of the molecule is CN1CC(=O)OB(C(C=O)c2ccc([N+](=O)[O-])cc2)OC(=O)C1. The summed E-state index contributed by atoms with van der Waals surface area (Å²) in [5.74, 6) is -2.34. The van der Waals surface area contributed by atoms with Crippen molar-refractivity contribution in [1.29, 1.82) is 0 Å². The summed E-state index contributed by atoms with van der Waals surface area (Å²) in [6.45, 7) is -0.227. The molecule has 0 saturated carbocycles. The van der Waals surface area contributed by atoms with E-state index in [0.717, 1.165) is 0 Å². The molecule has 1 aliphatic heterocycles. The first-order valence-electron chi connectivity index (χ1n) is 6.68. The third-order valence-electron chi connectivity index (χ3n) is 3.22. The number of nitro benzene ring substituents is 1. The Bertz CT molecular complexity index is 614. The van der Waals surface area contributed by atoms with Gasteiger partial charge in [-0.2, -0.15) is 0 Å². The van der Waals surface area contributed by atoms with Crippen LogP contribution in [0.4, 0.5) is 5.69 Å². The highest BCUT2D eigenvalue weighted by atomic mass is 16.6. The molecule has 0 amide bonds. The highest BCUT2D eigenvalue weighted by Gasteiger charge is 2.40. The third-order valence-corrected chi connectivity index (χ3v) is 3.22. The zero-order chi connectivity index (χ0) is 17.0. The van der Waals surface area contributed by atoms with Crippen LogP contribution in [0.15, 0.2) is 24.3 Å². The molecule has 1 aliphatic rings. The normalized spacial score (nSPS) is 17.5. The van der Waals surface area contributed by atoms with Gasteiger partial charge in [0.2, 0.25) is 0 Å². The van der Waals surface area contributed by atoms with E-state index in [-0.39, 0.29) is 18.8 Å². The summed E-state index contributed by atoms with van der Waals surface area (Å²) in [6.07, 6.45) is 0.470. The molecule has 1 heterocycles. The summed E-state index contributed by atoms with van der Waals surface area (Å²) < 4.78 is 10.1. The Kier molecular flexibility index (Phi) is 5.07. The number of likely N-dealkylation sites (N-methyl/N-ethyl adjacent to an activating group) is 1. The molecule has 0 spiro atoms. The molecule has 1 unspecified atom stereocenters. The lowest BCUT2D eigenvalue weighted by Gasteiger charge is -2.24. The van der Waals surface area contributed by atoms with E-state index >= 15 is 0 Å². The average molecular weight is 320 g/mol. The van der Waals surface area contributed by atoms with Gasteiger partial charge in [-0.15, -0.1) is 0 Å². The van der Waals surface area contributed by atoms with Crippen molar-refractivity contribution in [3.63, 3.8) is 0 Å². The predicted octanol–water partition coefficient (Wildman–Crippen LogP) is -0.0635. The van der Waals surface area contributed by atoms with Crippen molar-refractivity contribution in [3.05, 3.63) is 39.9 Å². The summed E-state index contributed by atoms with van der Waals surface area (Å²) in [7, 11) is 0.152. The lowest BCUT2D eigenvalue weighted by atomic mass is 9.68. The van der Waals surface area contributed by atoms with Gasteiger partial charge in [-0.05, 0) is 12.6 Å². The van der Waals surface area contributed by atoms with E-state index in [2.05, 4.69) is 0 Å². The van der Waals surface area contributed by atoms with Crippen molar-refractivity contribution < 1.29 is 28.6 Å². The van der Waals surface area contributed by atoms with Crippen molar-refractivity contribution in [1.82, 2.24) is 4.90 Å². The minimum absolute atomic E-state index is 0.114. The number of nitro groups is 1. The second kappa shape index (κ2) is 7.01. The molecule has 9 nitrogen and oxygen atoms in total. The van der Waals surface area contributed by atoms with Gasteiger partial charge < -0.3 is 14.1 Å². The maximum Gasteiger partial charge on any atom is 0.614 e. The van der Waals surface area contributed by atoms with Crippen LogP contribution in [0.5, 0.6) is 0 Å². The first-order chi connectivity index (χ1) is 10.9. The molecule has 0 N–H and O–H groups in total. The zero-order valence-electron chi connectivity index (χ0n) is 12.2. The molecule has 1 fully saturated rings. The van der Waals surface area contributed by atoms with Gasteiger partial charge in [-0.3, -0.25) is 24.6 Å². The van der Waals surface area contributed by atoms with Gasteiger partial charge in [0.15, 0.2) is 0 Å². The number of aldehydes is 1. The summed E-state index contributed by atoms with van der Waals surface area (Å²) in [5.41, 5.74) is 0.191. The number of nitrogens with zero attached hydrogens (tertiary/aromatic N) is 2. The van der Waals surface area contributed by atoms with Crippen molar-refractivity contribution in [3.8, 4) is 0 Å². The van der Waals surface area contributed by atoms with Crippen molar-refractivity contribution in [2.24, 2.45) is 0 Å². The Hall–Kier alpha value is -2.75. The lowest BCUT2D eigenvalue weighted by molar-refractivity contribution is -0.384. The van der Waals surface area contributed by atoms with E-state index in [1.54, 1.807) is 7.05 Å². The molecule has 0 bridgehead atoms. The van der Waals surface area contributed by atoms with Gasteiger partial charge in [0.1, 0.15) is 12.1 Å². The zero-order valence-corrected chi connectivity index (χ0v) is 12.2. The highest BCUT2D eigenvalue weighted by Crippen LogP contribution is 2.22. The predicted molar refractivity (Wildman–Crippen MR) is 77.3 cm³/mol. The average Bonchev–Trinajstić information content (AvgIpc) is 2.46. The topological polar surface area (TPSA) is 116 Å². The van der Waals surface area contributed by atoms with Gasteiger partial charge in [0.05, 0.1) is 18.0 Å². The number of hydrogen-bond donors (Lipinski definition) is 0. The summed E-state index contributed by atoms with van der Waals surface area (Å²) in [4.78, 5) is 46.3. The first-order valence-corrected chi connectivity index (χ1v) is 6.68. The fourth-order valence-electron chi connectivity index (χ4n) is 2.12. The van der Waals surface area contributed by atoms with E-state index < -0.39 is 29.8 Å². The van der Waals surface area contributed by atoms with Gasteiger partial charge in [-0.1, -0.05) is 12.1 Å². The number of rotatable bonds is 4. The second-order valence-corrected chi connectivity index (χ2v) is 5.03. The number of benzene rings is 1. The highest BCUT2D eigenvalue weighted by molar-refractivity contribution is 6.54. The van der Waals surface area contributed by atoms with E-state index in [1.165, 1.54) is 29.2 Å². The maximum atomic E-state index is 11.7. The summed E-state index contributed by atoms with van der Waals surface area (Å²) >= 11 is 0. The number of carbonyl (C=O) groups excluding carboxylic acids is 3. The minimum Gasteiger partial charge on any atom is -0.498 e. The van der Waals surface area contributed by atoms with E-state index in [9.17, 15) is 24.5 Å². The Morgan fingerprint density at radius 3 is 2.17 bits per heavy atom. The molecule has 1 saturated heterocycles. The number of hydrogen-bond acceptors (Lipinski definition) is 8. The molecule has 0 aromatic heterocycles. The van der Waals surface area contributed by atoms with Crippen LogP contribution in [0.3, 0.4) is 0 Å². The fourth-order valence-corrected chi connectivity index (χ4v) is 2.12. The smallest absolute Gasteiger partial charge is 0.498 e. The Morgan fingerprint density at radius 1 is 1.22 bits per heavy atom. The molecule has 0 radical (unpaired) electrons. The Labute approximate surface area is 131 Å². The van der Waals surface area contributed by atoms with E-state index in [0.29, 0.717) is 11.8 Å². The molecule has 1 aromatic rings. The maximum absolute atomic E-state index is 11.7. The second-order valence-electron chi connectivity index (χ2n) is 5.03. The van der Waals surface area contributed by atoms with Gasteiger partial charge >= 0.3 is 19.1 Å². The third kappa shape index (κ3) is 4.13. The van der Waals surface area contributed by atoms with E-state index in [4.69, 9.17) is 9.31 Å². The molecule has 23 heavy (non-hydrogen) atoms. The Morgan fingerprint density at radius 2 is 1.74 bits per heavy atom. The van der Waals surface area contributed by atoms with Crippen molar-refractivity contribution in [2.75, 3.05) is 20.1 Å². The van der Waals surface area contributed by atoms with Crippen LogP contribution in [0, 0.1) is 10.1 Å². The van der Waals surface area contributed by atoms with Gasteiger partial charge in [0.25, 0.3) is 5.69 Å². The van der Waals surface area contributed by atoms with Crippen LogP contribution < -0.4 is 0 Å². The van der Waals surface area contributed by atoms with Crippen LogP contribution in [-0.2, 0) is 23.7 Å². The monoisotopic (exact) mass is 320 g/mol. The lowest BCUT2D eigenvalue weighted by Crippen LogP contribution is -2.45. The molecule has 2 rings (SSSR count). The van der Waals surface area contributed by atoms with Crippen LogP contribution in [0.2, 0.25) is 0 Å². The summed E-state index contributed by atoms with van der Waals surface area (Å²) in [5, 5.41) is 10.6. The van der Waals surface area contributed by atoms with Gasteiger partial charge in [-0.25, -0.2) is 0 Å².